The summed E-state index contributed by atoms with van der Waals surface area (Å²) in [6, 6.07) is 23.8. The molecule has 0 unspecified atom stereocenters. The summed E-state index contributed by atoms with van der Waals surface area (Å²) in [5, 5.41) is 15.3. The molecule has 0 aliphatic heterocycles. The maximum absolute atomic E-state index is 13.5. The standard InChI is InChI=1S/C23H21N7O3S/c1-2-29(17-11-5-3-6-12-17)34(32,33)20-16-10-9-15-19(20)25-26-21-22(24)27-30(23(21)28-31)18-13-7-4-8-14-18/h3-16H,2H2,1H3,(H2,24,27). The molecule has 0 amide bonds. The van der Waals surface area contributed by atoms with Crippen LogP contribution in [0.3, 0.4) is 0 Å². The first-order valence-electron chi connectivity index (χ1n) is 10.3. The van der Waals surface area contributed by atoms with Crippen LogP contribution < -0.4 is 10.0 Å². The number of para-hydroxylation sites is 2. The fourth-order valence-electron chi connectivity index (χ4n) is 3.41. The number of nitrogens with zero attached hydrogens (tertiary/aromatic N) is 6. The zero-order valence-electron chi connectivity index (χ0n) is 18.2. The molecule has 1 aromatic heterocycles. The average molecular weight is 476 g/mol. The van der Waals surface area contributed by atoms with E-state index in [0.29, 0.717) is 11.4 Å². The third-order valence-corrected chi connectivity index (χ3v) is 6.92. The van der Waals surface area contributed by atoms with Gasteiger partial charge in [-0.2, -0.15) is 0 Å². The lowest BCUT2D eigenvalue weighted by Gasteiger charge is -2.23. The smallest absolute Gasteiger partial charge is 0.266 e. The maximum atomic E-state index is 13.5. The van der Waals surface area contributed by atoms with E-state index in [1.54, 1.807) is 67.6 Å². The molecular formula is C23H21N7O3S. The van der Waals surface area contributed by atoms with Crippen LogP contribution in [0, 0.1) is 4.91 Å². The van der Waals surface area contributed by atoms with Gasteiger partial charge >= 0.3 is 0 Å². The predicted molar refractivity (Wildman–Crippen MR) is 131 cm³/mol. The van der Waals surface area contributed by atoms with Gasteiger partial charge in [0.25, 0.3) is 10.0 Å². The molecule has 0 saturated carbocycles. The zero-order valence-corrected chi connectivity index (χ0v) is 19.0. The van der Waals surface area contributed by atoms with E-state index in [-0.39, 0.29) is 34.5 Å². The molecule has 0 aliphatic carbocycles. The van der Waals surface area contributed by atoms with Gasteiger partial charge < -0.3 is 5.73 Å². The van der Waals surface area contributed by atoms with Crippen LogP contribution in [0.2, 0.25) is 0 Å². The van der Waals surface area contributed by atoms with Gasteiger partial charge in [0.15, 0.2) is 11.5 Å². The van der Waals surface area contributed by atoms with Gasteiger partial charge in [-0.15, -0.1) is 20.2 Å². The molecule has 2 N–H and O–H groups in total. The fraction of sp³-hybridized carbons (Fsp3) is 0.0870. The lowest BCUT2D eigenvalue weighted by atomic mass is 10.3. The number of benzene rings is 3. The Labute approximate surface area is 196 Å². The summed E-state index contributed by atoms with van der Waals surface area (Å²) in [7, 11) is -3.96. The summed E-state index contributed by atoms with van der Waals surface area (Å²) in [5.74, 6) is -0.214. The van der Waals surface area contributed by atoms with Crippen molar-refractivity contribution in [1.29, 1.82) is 0 Å². The Morgan fingerprint density at radius 2 is 1.53 bits per heavy atom. The largest absolute Gasteiger partial charge is 0.380 e. The summed E-state index contributed by atoms with van der Waals surface area (Å²) in [6.45, 7) is 1.96. The number of hydrogen-bond acceptors (Lipinski definition) is 8. The highest BCUT2D eigenvalue weighted by Gasteiger charge is 2.26. The number of nitrogen functional groups attached to an aromatic ring is 1. The molecule has 0 radical (unpaired) electrons. The number of aromatic nitrogens is 2. The van der Waals surface area contributed by atoms with Crippen LogP contribution in [0.4, 0.5) is 28.7 Å². The summed E-state index contributed by atoms with van der Waals surface area (Å²) >= 11 is 0. The monoisotopic (exact) mass is 475 g/mol. The molecule has 0 fully saturated rings. The Morgan fingerprint density at radius 1 is 0.912 bits per heavy atom. The first-order chi connectivity index (χ1) is 16.5. The molecule has 10 nitrogen and oxygen atoms in total. The first-order valence-corrected chi connectivity index (χ1v) is 11.8. The van der Waals surface area contributed by atoms with Crippen molar-refractivity contribution >= 4 is 38.7 Å². The molecule has 0 aliphatic rings. The molecule has 0 saturated heterocycles. The fourth-order valence-corrected chi connectivity index (χ4v) is 5.01. The minimum Gasteiger partial charge on any atom is -0.380 e. The molecule has 0 atom stereocenters. The molecule has 1 heterocycles. The predicted octanol–water partition coefficient (Wildman–Crippen LogP) is 5.48. The van der Waals surface area contributed by atoms with Crippen molar-refractivity contribution in [3.05, 3.63) is 89.8 Å². The minimum absolute atomic E-state index is 0.0425. The van der Waals surface area contributed by atoms with Crippen LogP contribution in [0.25, 0.3) is 5.69 Å². The molecule has 4 aromatic rings. The van der Waals surface area contributed by atoms with Gasteiger partial charge in [0.05, 0.1) is 11.4 Å². The summed E-state index contributed by atoms with van der Waals surface area (Å²) < 4.78 is 29.5. The van der Waals surface area contributed by atoms with Gasteiger partial charge in [-0.1, -0.05) is 48.5 Å². The number of rotatable bonds is 8. The number of anilines is 2. The van der Waals surface area contributed by atoms with Crippen LogP contribution in [0.1, 0.15) is 6.92 Å². The molecule has 172 valence electrons. The highest BCUT2D eigenvalue weighted by Crippen LogP contribution is 2.38. The Bertz CT molecular complexity index is 1440. The SMILES string of the molecule is CCN(c1ccccc1)S(=O)(=O)c1ccccc1N=Nc1c(N)nn(-c2ccccc2)c1N=O. The van der Waals surface area contributed by atoms with E-state index >= 15 is 0 Å². The van der Waals surface area contributed by atoms with Gasteiger partial charge in [-0.05, 0) is 48.5 Å². The third kappa shape index (κ3) is 4.28. The van der Waals surface area contributed by atoms with Crippen molar-refractivity contribution < 1.29 is 8.42 Å². The highest BCUT2D eigenvalue weighted by molar-refractivity contribution is 7.93. The van der Waals surface area contributed by atoms with E-state index in [9.17, 15) is 13.3 Å². The summed E-state index contributed by atoms with van der Waals surface area (Å²) in [4.78, 5) is 11.5. The maximum Gasteiger partial charge on any atom is 0.266 e. The zero-order chi connectivity index (χ0) is 24.1. The molecule has 0 spiro atoms. The van der Waals surface area contributed by atoms with E-state index in [4.69, 9.17) is 5.73 Å². The van der Waals surface area contributed by atoms with Crippen LogP contribution in [-0.4, -0.2) is 24.7 Å². The second kappa shape index (κ2) is 9.63. The minimum atomic E-state index is -3.96. The van der Waals surface area contributed by atoms with Crippen molar-refractivity contribution in [2.24, 2.45) is 15.4 Å². The van der Waals surface area contributed by atoms with Crippen molar-refractivity contribution in [1.82, 2.24) is 9.78 Å². The van der Waals surface area contributed by atoms with E-state index in [2.05, 4.69) is 20.5 Å². The van der Waals surface area contributed by atoms with Crippen LogP contribution in [0.15, 0.2) is 105 Å². The van der Waals surface area contributed by atoms with Crippen LogP contribution in [0.5, 0.6) is 0 Å². The van der Waals surface area contributed by atoms with Crippen LogP contribution >= 0.6 is 0 Å². The number of nitrogens with two attached hydrogens (primary N) is 1. The topological polar surface area (TPSA) is 135 Å². The van der Waals surface area contributed by atoms with E-state index in [1.807, 2.05) is 12.1 Å². The molecule has 34 heavy (non-hydrogen) atoms. The number of nitroso groups, excluding NO2 is 1. The van der Waals surface area contributed by atoms with E-state index in [1.165, 1.54) is 21.1 Å². The van der Waals surface area contributed by atoms with Gasteiger partial charge in [0, 0.05) is 6.54 Å². The van der Waals surface area contributed by atoms with Crippen LogP contribution in [-0.2, 0) is 10.0 Å². The Kier molecular flexibility index (Phi) is 6.46. The van der Waals surface area contributed by atoms with E-state index < -0.39 is 10.0 Å². The van der Waals surface area contributed by atoms with Gasteiger partial charge in [0.1, 0.15) is 10.6 Å². The lowest BCUT2D eigenvalue weighted by Crippen LogP contribution is -2.30. The molecular weight excluding hydrogens is 454 g/mol. The Balaban J connectivity index is 1.76. The normalized spacial score (nSPS) is 11.6. The molecule has 11 heteroatoms. The quantitative estimate of drug-likeness (QED) is 0.266. The van der Waals surface area contributed by atoms with Crippen molar-refractivity contribution in [2.45, 2.75) is 11.8 Å². The second-order valence-electron chi connectivity index (χ2n) is 7.07. The van der Waals surface area contributed by atoms with Gasteiger partial charge in [-0.25, -0.2) is 13.1 Å². The van der Waals surface area contributed by atoms with Gasteiger partial charge in [-0.3, -0.25) is 4.31 Å². The van der Waals surface area contributed by atoms with Crippen molar-refractivity contribution in [2.75, 3.05) is 16.6 Å². The number of azo groups is 1. The highest BCUT2D eigenvalue weighted by atomic mass is 32.2. The average Bonchev–Trinajstić information content (AvgIpc) is 3.19. The third-order valence-electron chi connectivity index (χ3n) is 4.97. The Morgan fingerprint density at radius 3 is 2.18 bits per heavy atom. The van der Waals surface area contributed by atoms with E-state index in [0.717, 1.165) is 0 Å². The number of hydrogen-bond donors (Lipinski definition) is 1. The lowest BCUT2D eigenvalue weighted by molar-refractivity contribution is 0.592. The molecule has 0 bridgehead atoms. The Hall–Kier alpha value is -4.38. The second-order valence-corrected chi connectivity index (χ2v) is 8.90. The van der Waals surface area contributed by atoms with Crippen molar-refractivity contribution in [3.63, 3.8) is 0 Å². The number of sulfonamides is 1. The van der Waals surface area contributed by atoms with Gasteiger partial charge in [0.2, 0.25) is 5.82 Å². The van der Waals surface area contributed by atoms with Crippen molar-refractivity contribution in [3.8, 4) is 5.69 Å². The summed E-state index contributed by atoms with van der Waals surface area (Å²) in [5.41, 5.74) is 7.10. The summed E-state index contributed by atoms with van der Waals surface area (Å²) in [6.07, 6.45) is 0. The molecule has 3 aromatic carbocycles. The first kappa shape index (κ1) is 22.8. The molecule has 4 rings (SSSR count).